The van der Waals surface area contributed by atoms with Gasteiger partial charge in [-0.1, -0.05) is 12.6 Å². The second-order valence-corrected chi connectivity index (χ2v) is 1.94. The zero-order chi connectivity index (χ0) is 3.70. The van der Waals surface area contributed by atoms with Crippen LogP contribution in [0.15, 0.2) is 0 Å². The first-order valence-corrected chi connectivity index (χ1v) is 2.59. The van der Waals surface area contributed by atoms with E-state index >= 15 is 0 Å². The zero-order valence-electron chi connectivity index (χ0n) is 3.11. The zero-order valence-corrected chi connectivity index (χ0v) is 3.92. The summed E-state index contributed by atoms with van der Waals surface area (Å²) >= 11 is 4.74. The lowest BCUT2D eigenvalue weighted by Crippen LogP contribution is -1.67. The number of rotatable bonds is 1. The van der Waals surface area contributed by atoms with Crippen LogP contribution in [0.2, 0.25) is 0 Å². The van der Waals surface area contributed by atoms with Gasteiger partial charge >= 0.3 is 0 Å². The molecule has 0 saturated heterocycles. The molecule has 0 bridgehead atoms. The maximum atomic E-state index is 4.74. The SMILES string of the molecule is [S]CC1CC1. The van der Waals surface area contributed by atoms with E-state index in [-0.39, 0.29) is 0 Å². The first-order valence-electron chi connectivity index (χ1n) is 2.01. The number of hydrogen-bond donors (Lipinski definition) is 0. The van der Waals surface area contributed by atoms with Gasteiger partial charge in [0, 0.05) is 5.75 Å². The summed E-state index contributed by atoms with van der Waals surface area (Å²) in [4.78, 5) is 0. The van der Waals surface area contributed by atoms with Crippen molar-refractivity contribution in [1.29, 1.82) is 0 Å². The molecule has 0 nitrogen and oxygen atoms in total. The van der Waals surface area contributed by atoms with Crippen LogP contribution in [0.1, 0.15) is 12.8 Å². The summed E-state index contributed by atoms with van der Waals surface area (Å²) in [5.41, 5.74) is 0. The minimum absolute atomic E-state index is 0.949. The van der Waals surface area contributed by atoms with E-state index in [0.717, 1.165) is 11.7 Å². The van der Waals surface area contributed by atoms with Crippen LogP contribution in [0, 0.1) is 5.92 Å². The molecule has 0 aliphatic heterocycles. The molecule has 0 unspecified atom stereocenters. The molecule has 0 aromatic heterocycles. The summed E-state index contributed by atoms with van der Waals surface area (Å²) in [5.74, 6) is 1.95. The fraction of sp³-hybridized carbons (Fsp3) is 1.00. The van der Waals surface area contributed by atoms with E-state index in [1.165, 1.54) is 12.8 Å². The fourth-order valence-corrected chi connectivity index (χ4v) is 0.618. The lowest BCUT2D eigenvalue weighted by Gasteiger charge is -1.70. The van der Waals surface area contributed by atoms with Gasteiger partial charge in [0.2, 0.25) is 0 Å². The fourth-order valence-electron chi connectivity index (χ4n) is 0.285. The van der Waals surface area contributed by atoms with Crippen molar-refractivity contribution in [3.63, 3.8) is 0 Å². The minimum atomic E-state index is 0.949. The number of hydrogen-bond acceptors (Lipinski definition) is 0. The molecule has 1 aliphatic carbocycles. The van der Waals surface area contributed by atoms with E-state index < -0.39 is 0 Å². The molecule has 5 heavy (non-hydrogen) atoms. The molecule has 1 radical (unpaired) electrons. The van der Waals surface area contributed by atoms with Gasteiger partial charge < -0.3 is 0 Å². The summed E-state index contributed by atoms with van der Waals surface area (Å²) in [6, 6.07) is 0. The third kappa shape index (κ3) is 0.839. The highest BCUT2D eigenvalue weighted by atomic mass is 32.1. The van der Waals surface area contributed by atoms with Gasteiger partial charge in [-0.2, -0.15) is 0 Å². The first kappa shape index (κ1) is 3.54. The second-order valence-electron chi connectivity index (χ2n) is 1.61. The molecule has 0 atom stereocenters. The Kier molecular flexibility index (Phi) is 0.856. The van der Waals surface area contributed by atoms with Gasteiger partial charge in [0.05, 0.1) is 0 Å². The smallest absolute Gasteiger partial charge is 0.00653 e. The Morgan fingerprint density at radius 2 is 2.20 bits per heavy atom. The van der Waals surface area contributed by atoms with Gasteiger partial charge in [-0.3, -0.25) is 0 Å². The van der Waals surface area contributed by atoms with Crippen molar-refractivity contribution in [3.05, 3.63) is 0 Å². The summed E-state index contributed by atoms with van der Waals surface area (Å²) in [6.45, 7) is 0. The van der Waals surface area contributed by atoms with Gasteiger partial charge in [-0.25, -0.2) is 0 Å². The molecule has 0 N–H and O–H groups in total. The van der Waals surface area contributed by atoms with Crippen molar-refractivity contribution in [2.45, 2.75) is 12.8 Å². The molecule has 29 valence electrons. The molecule has 1 saturated carbocycles. The van der Waals surface area contributed by atoms with Crippen LogP contribution >= 0.6 is 12.6 Å². The predicted molar refractivity (Wildman–Crippen MR) is 25.2 cm³/mol. The van der Waals surface area contributed by atoms with Crippen LogP contribution in [0.4, 0.5) is 0 Å². The normalized spacial score (nSPS) is 23.4. The Morgan fingerprint density at radius 3 is 2.20 bits per heavy atom. The second kappa shape index (κ2) is 1.21. The van der Waals surface area contributed by atoms with Crippen LogP contribution in [0.3, 0.4) is 0 Å². The molecule has 0 amide bonds. The van der Waals surface area contributed by atoms with E-state index in [1.54, 1.807) is 0 Å². The highest BCUT2D eigenvalue weighted by Gasteiger charge is 2.18. The van der Waals surface area contributed by atoms with Crippen molar-refractivity contribution in [1.82, 2.24) is 0 Å². The van der Waals surface area contributed by atoms with Gasteiger partial charge in [0.15, 0.2) is 0 Å². The highest BCUT2D eigenvalue weighted by Crippen LogP contribution is 2.29. The average molecular weight is 87.2 g/mol. The van der Waals surface area contributed by atoms with Gasteiger partial charge in [0.25, 0.3) is 0 Å². The molecule has 0 aromatic carbocycles. The molecule has 1 aliphatic rings. The Morgan fingerprint density at radius 1 is 1.60 bits per heavy atom. The molecular weight excluding hydrogens is 80.1 g/mol. The Bertz CT molecular complexity index is 30.6. The van der Waals surface area contributed by atoms with Crippen LogP contribution in [0.25, 0.3) is 0 Å². The average Bonchev–Trinajstić information content (AvgIpc) is 2.12. The molecule has 0 spiro atoms. The first-order chi connectivity index (χ1) is 2.43. The van der Waals surface area contributed by atoms with Crippen LogP contribution < -0.4 is 0 Å². The molecule has 0 heterocycles. The van der Waals surface area contributed by atoms with Crippen molar-refractivity contribution < 1.29 is 0 Å². The van der Waals surface area contributed by atoms with Crippen molar-refractivity contribution >= 4 is 12.6 Å². The Balaban J connectivity index is 2.00. The third-order valence-corrected chi connectivity index (χ3v) is 1.40. The Labute approximate surface area is 38.0 Å². The maximum Gasteiger partial charge on any atom is 0.00653 e. The topological polar surface area (TPSA) is 0 Å². The van der Waals surface area contributed by atoms with Crippen molar-refractivity contribution in [2.75, 3.05) is 5.75 Å². The minimum Gasteiger partial charge on any atom is -0.0939 e. The van der Waals surface area contributed by atoms with E-state index in [4.69, 9.17) is 12.6 Å². The molecule has 0 aromatic rings. The van der Waals surface area contributed by atoms with E-state index in [2.05, 4.69) is 0 Å². The third-order valence-electron chi connectivity index (χ3n) is 0.933. The van der Waals surface area contributed by atoms with Crippen LogP contribution in [-0.4, -0.2) is 5.75 Å². The van der Waals surface area contributed by atoms with E-state index in [9.17, 15) is 0 Å². The van der Waals surface area contributed by atoms with Crippen LogP contribution in [-0.2, 0) is 0 Å². The monoisotopic (exact) mass is 87.0 g/mol. The molecule has 1 heteroatoms. The van der Waals surface area contributed by atoms with Gasteiger partial charge in [-0.15, -0.1) is 0 Å². The highest BCUT2D eigenvalue weighted by molar-refractivity contribution is 7.80. The molecule has 1 fully saturated rings. The Hall–Kier alpha value is 0.350. The summed E-state index contributed by atoms with van der Waals surface area (Å²) < 4.78 is 0. The predicted octanol–water partition coefficient (Wildman–Crippen LogP) is 1.59. The molecule has 1 rings (SSSR count). The van der Waals surface area contributed by atoms with Crippen molar-refractivity contribution in [3.8, 4) is 0 Å². The maximum absolute atomic E-state index is 4.74. The largest absolute Gasteiger partial charge is 0.0939 e. The molecular formula is C4H7S. The van der Waals surface area contributed by atoms with E-state index in [0.29, 0.717) is 0 Å². The lowest BCUT2D eigenvalue weighted by atomic mass is 10.5. The standard InChI is InChI=1S/C4H7S/c5-3-4-1-2-4/h4H,1-3H2. The van der Waals surface area contributed by atoms with Crippen molar-refractivity contribution in [2.24, 2.45) is 5.92 Å². The summed E-state index contributed by atoms with van der Waals surface area (Å²) in [6.07, 6.45) is 2.81. The summed E-state index contributed by atoms with van der Waals surface area (Å²) in [5, 5.41) is 0. The van der Waals surface area contributed by atoms with E-state index in [1.807, 2.05) is 0 Å². The quantitative estimate of drug-likeness (QED) is 0.455. The van der Waals surface area contributed by atoms with Crippen LogP contribution in [0.5, 0.6) is 0 Å². The van der Waals surface area contributed by atoms with Gasteiger partial charge in [0.1, 0.15) is 0 Å². The summed E-state index contributed by atoms with van der Waals surface area (Å²) in [7, 11) is 0. The lowest BCUT2D eigenvalue weighted by molar-refractivity contribution is 1.01. The van der Waals surface area contributed by atoms with Gasteiger partial charge in [-0.05, 0) is 18.8 Å².